The summed E-state index contributed by atoms with van der Waals surface area (Å²) >= 11 is 0. The van der Waals surface area contributed by atoms with Crippen LogP contribution in [0, 0.1) is 0 Å². The zero-order valence-corrected chi connectivity index (χ0v) is 9.01. The smallest absolute Gasteiger partial charge is 0.258 e. The van der Waals surface area contributed by atoms with Crippen LogP contribution in [-0.2, 0) is 9.05 Å². The molecule has 4 heteroatoms. The van der Waals surface area contributed by atoms with E-state index in [2.05, 4.69) is 25.4 Å². The van der Waals surface area contributed by atoms with E-state index in [1.807, 2.05) is 0 Å². The molecule has 1 rings (SSSR count). The summed E-state index contributed by atoms with van der Waals surface area (Å²) in [6.45, 7) is 9.25. The third kappa shape index (κ3) is 2.67. The van der Waals surface area contributed by atoms with E-state index in [9.17, 15) is 0 Å². The van der Waals surface area contributed by atoms with E-state index >= 15 is 0 Å². The minimum atomic E-state index is -0.741. The summed E-state index contributed by atoms with van der Waals surface area (Å²) in [5, 5.41) is 0. The highest BCUT2D eigenvalue weighted by Gasteiger charge is 2.25. The van der Waals surface area contributed by atoms with Crippen LogP contribution in [0.2, 0.25) is 0 Å². The summed E-state index contributed by atoms with van der Waals surface area (Å²) in [4.78, 5) is 0. The van der Waals surface area contributed by atoms with Crippen LogP contribution in [0.3, 0.4) is 0 Å². The average molecular weight is 191 g/mol. The summed E-state index contributed by atoms with van der Waals surface area (Å²) < 4.78 is 13.5. The first-order valence-electron chi connectivity index (χ1n) is 4.62. The van der Waals surface area contributed by atoms with E-state index in [1.165, 1.54) is 0 Å². The molecular formula is C8H18NO2P. The van der Waals surface area contributed by atoms with E-state index in [4.69, 9.17) is 9.05 Å². The fourth-order valence-electron chi connectivity index (χ4n) is 1.14. The quantitative estimate of drug-likeness (QED) is 0.639. The Morgan fingerprint density at radius 2 is 2.08 bits per heavy atom. The number of hydrogen-bond donors (Lipinski definition) is 0. The van der Waals surface area contributed by atoms with Gasteiger partial charge >= 0.3 is 0 Å². The van der Waals surface area contributed by atoms with Crippen molar-refractivity contribution in [2.75, 3.05) is 19.7 Å². The minimum Gasteiger partial charge on any atom is -0.322 e. The highest BCUT2D eigenvalue weighted by atomic mass is 31.2. The van der Waals surface area contributed by atoms with Gasteiger partial charge < -0.3 is 9.05 Å². The first kappa shape index (κ1) is 10.4. The maximum absolute atomic E-state index is 5.70. The molecule has 1 fully saturated rings. The van der Waals surface area contributed by atoms with Crippen molar-refractivity contribution < 1.29 is 9.05 Å². The molecule has 1 aliphatic rings. The average Bonchev–Trinajstić information content (AvgIpc) is 2.07. The van der Waals surface area contributed by atoms with Gasteiger partial charge in [0.15, 0.2) is 0 Å². The summed E-state index contributed by atoms with van der Waals surface area (Å²) in [6, 6.07) is 0. The first-order chi connectivity index (χ1) is 5.77. The Bertz CT molecular complexity index is 130. The summed E-state index contributed by atoms with van der Waals surface area (Å²) in [5.41, 5.74) is 0. The van der Waals surface area contributed by atoms with Crippen molar-refractivity contribution in [1.82, 2.24) is 4.67 Å². The van der Waals surface area contributed by atoms with Crippen LogP contribution >= 0.6 is 8.53 Å². The van der Waals surface area contributed by atoms with E-state index < -0.39 is 8.53 Å². The third-order valence-electron chi connectivity index (χ3n) is 1.96. The van der Waals surface area contributed by atoms with Crippen LogP contribution in [0.5, 0.6) is 0 Å². The lowest BCUT2D eigenvalue weighted by atomic mass is 10.3. The fourth-order valence-corrected chi connectivity index (χ4v) is 2.63. The van der Waals surface area contributed by atoms with Crippen molar-refractivity contribution in [3.8, 4) is 0 Å². The molecule has 0 N–H and O–H groups in total. The van der Waals surface area contributed by atoms with Gasteiger partial charge in [-0.3, -0.25) is 0 Å². The van der Waals surface area contributed by atoms with E-state index in [0.29, 0.717) is 6.10 Å². The molecule has 72 valence electrons. The number of hydrogen-bond acceptors (Lipinski definition) is 3. The van der Waals surface area contributed by atoms with Gasteiger partial charge in [0.25, 0.3) is 8.53 Å². The van der Waals surface area contributed by atoms with Crippen molar-refractivity contribution in [2.45, 2.75) is 33.3 Å². The second-order valence-corrected chi connectivity index (χ2v) is 4.43. The molecule has 3 nitrogen and oxygen atoms in total. The van der Waals surface area contributed by atoms with Gasteiger partial charge in [-0.2, -0.15) is 0 Å². The molecule has 2 atom stereocenters. The molecule has 1 heterocycles. The lowest BCUT2D eigenvalue weighted by Crippen LogP contribution is -2.25. The molecule has 0 aromatic carbocycles. The van der Waals surface area contributed by atoms with E-state index in [-0.39, 0.29) is 0 Å². The van der Waals surface area contributed by atoms with Crippen molar-refractivity contribution >= 4 is 8.53 Å². The molecule has 0 saturated carbocycles. The maximum Gasteiger partial charge on any atom is 0.258 e. The Hall–Kier alpha value is 0.310. The molecule has 12 heavy (non-hydrogen) atoms. The summed E-state index contributed by atoms with van der Waals surface area (Å²) in [7, 11) is -0.741. The van der Waals surface area contributed by atoms with Crippen LogP contribution in [0.25, 0.3) is 0 Å². The zero-order chi connectivity index (χ0) is 8.97. The monoisotopic (exact) mass is 191 g/mol. The Balaban J connectivity index is 2.38. The predicted octanol–water partition coefficient (Wildman–Crippen LogP) is 2.38. The van der Waals surface area contributed by atoms with Crippen LogP contribution in [0.4, 0.5) is 0 Å². The zero-order valence-electron chi connectivity index (χ0n) is 8.12. The lowest BCUT2D eigenvalue weighted by Gasteiger charge is -2.33. The first-order valence-corrected chi connectivity index (χ1v) is 5.75. The van der Waals surface area contributed by atoms with Crippen molar-refractivity contribution in [2.24, 2.45) is 0 Å². The Labute approximate surface area is 76.0 Å². The Morgan fingerprint density at radius 3 is 2.58 bits per heavy atom. The number of nitrogens with zero attached hydrogens (tertiary/aromatic N) is 1. The van der Waals surface area contributed by atoms with Gasteiger partial charge in [-0.05, 0) is 13.3 Å². The van der Waals surface area contributed by atoms with Crippen molar-refractivity contribution in [3.05, 3.63) is 0 Å². The van der Waals surface area contributed by atoms with Crippen LogP contribution in [0.15, 0.2) is 0 Å². The highest BCUT2D eigenvalue weighted by molar-refractivity contribution is 7.44. The van der Waals surface area contributed by atoms with Crippen molar-refractivity contribution in [3.63, 3.8) is 0 Å². The number of rotatable bonds is 3. The van der Waals surface area contributed by atoms with E-state index in [0.717, 1.165) is 26.1 Å². The molecular weight excluding hydrogens is 173 g/mol. The standard InChI is InChI=1S/C8H18NO2P/c1-4-9(5-2)12-10-7-6-8(3)11-12/h8H,4-7H2,1-3H3/t8-,12-/m0/s1. The van der Waals surface area contributed by atoms with Crippen LogP contribution < -0.4 is 0 Å². The van der Waals surface area contributed by atoms with Gasteiger partial charge in [0.2, 0.25) is 0 Å². The maximum atomic E-state index is 5.70. The summed E-state index contributed by atoms with van der Waals surface area (Å²) in [5.74, 6) is 0. The highest BCUT2D eigenvalue weighted by Crippen LogP contribution is 2.46. The van der Waals surface area contributed by atoms with Crippen molar-refractivity contribution in [1.29, 1.82) is 0 Å². The molecule has 0 aliphatic carbocycles. The second kappa shape index (κ2) is 5.13. The minimum absolute atomic E-state index is 0.366. The SMILES string of the molecule is CCN(CC)[P@@]1OCC[C@H](C)O1. The molecule has 0 bridgehead atoms. The summed E-state index contributed by atoms with van der Waals surface area (Å²) in [6.07, 6.45) is 1.39. The molecule has 0 radical (unpaired) electrons. The lowest BCUT2D eigenvalue weighted by molar-refractivity contribution is 0.0971. The molecule has 0 spiro atoms. The fraction of sp³-hybridized carbons (Fsp3) is 1.00. The van der Waals surface area contributed by atoms with Gasteiger partial charge in [-0.25, -0.2) is 4.67 Å². The topological polar surface area (TPSA) is 21.7 Å². The van der Waals surface area contributed by atoms with E-state index in [1.54, 1.807) is 0 Å². The second-order valence-electron chi connectivity index (χ2n) is 2.91. The predicted molar refractivity (Wildman–Crippen MR) is 51.0 cm³/mol. The van der Waals surface area contributed by atoms with Gasteiger partial charge in [0.05, 0.1) is 12.7 Å². The van der Waals surface area contributed by atoms with Gasteiger partial charge in [0.1, 0.15) is 0 Å². The van der Waals surface area contributed by atoms with Gasteiger partial charge in [-0.1, -0.05) is 13.8 Å². The van der Waals surface area contributed by atoms with Gasteiger partial charge in [-0.15, -0.1) is 0 Å². The molecule has 1 aliphatic heterocycles. The molecule has 0 aromatic heterocycles. The van der Waals surface area contributed by atoms with Gasteiger partial charge in [0, 0.05) is 13.1 Å². The molecule has 1 saturated heterocycles. The van der Waals surface area contributed by atoms with Crippen LogP contribution in [0.1, 0.15) is 27.2 Å². The molecule has 0 amide bonds. The Morgan fingerprint density at radius 1 is 1.42 bits per heavy atom. The largest absolute Gasteiger partial charge is 0.322 e. The normalized spacial score (nSPS) is 31.0. The van der Waals surface area contributed by atoms with Crippen LogP contribution in [-0.4, -0.2) is 30.5 Å². The molecule has 0 aromatic rings. The molecule has 0 unspecified atom stereocenters. The Kier molecular flexibility index (Phi) is 4.44. The third-order valence-corrected chi connectivity index (χ3v) is 3.93.